The van der Waals surface area contributed by atoms with Crippen LogP contribution >= 0.6 is 0 Å². The quantitative estimate of drug-likeness (QED) is 0.613. The minimum Gasteiger partial charge on any atom is -0.353 e. The van der Waals surface area contributed by atoms with Crippen LogP contribution in [0.5, 0.6) is 0 Å². The summed E-state index contributed by atoms with van der Waals surface area (Å²) < 4.78 is 2.21. The van der Waals surface area contributed by atoms with Crippen LogP contribution in [-0.4, -0.2) is 33.0 Å². The van der Waals surface area contributed by atoms with E-state index in [1.165, 1.54) is 0 Å². The maximum Gasteiger partial charge on any atom is 0.238 e. The summed E-state index contributed by atoms with van der Waals surface area (Å²) in [6.07, 6.45) is 4.28. The standard InChI is InChI=1S/C21H26N6O/c1-14(2)20-24-16-7-3-4-8-19(16)27(20)11-10-23-21(28)18-12-17(25-26-18)15-6-5-9-22-13-15/h3-9,13-14,17-18,25-26H,10-12H2,1-2H3,(H,23,28). The number of hydrazine groups is 1. The summed E-state index contributed by atoms with van der Waals surface area (Å²) in [5, 5.41) is 3.06. The zero-order valence-corrected chi connectivity index (χ0v) is 16.2. The Morgan fingerprint density at radius 3 is 2.89 bits per heavy atom. The van der Waals surface area contributed by atoms with Crippen LogP contribution in [-0.2, 0) is 11.3 Å². The number of carbonyl (C=O) groups excluding carboxylic acids is 1. The van der Waals surface area contributed by atoms with Gasteiger partial charge in [-0.2, -0.15) is 0 Å². The van der Waals surface area contributed by atoms with Crippen LogP contribution in [0.3, 0.4) is 0 Å². The lowest BCUT2D eigenvalue weighted by atomic mass is 10.0. The highest BCUT2D eigenvalue weighted by atomic mass is 16.2. The maximum atomic E-state index is 12.6. The molecular weight excluding hydrogens is 352 g/mol. The second-order valence-electron chi connectivity index (χ2n) is 7.47. The van der Waals surface area contributed by atoms with Crippen molar-refractivity contribution in [2.24, 2.45) is 0 Å². The molecule has 3 heterocycles. The fourth-order valence-corrected chi connectivity index (χ4v) is 3.71. The lowest BCUT2D eigenvalue weighted by Gasteiger charge is -2.14. The first-order valence-corrected chi connectivity index (χ1v) is 9.77. The third-order valence-corrected chi connectivity index (χ3v) is 5.14. The first-order valence-electron chi connectivity index (χ1n) is 9.77. The van der Waals surface area contributed by atoms with Gasteiger partial charge in [0, 0.05) is 37.4 Å². The minimum absolute atomic E-state index is 0.00871. The van der Waals surface area contributed by atoms with E-state index < -0.39 is 0 Å². The number of benzene rings is 1. The SMILES string of the molecule is CC(C)c1nc2ccccc2n1CCNC(=O)C1CC(c2cccnc2)NN1. The summed E-state index contributed by atoms with van der Waals surface area (Å²) in [6, 6.07) is 11.9. The Balaban J connectivity index is 1.36. The molecule has 0 saturated carbocycles. The van der Waals surface area contributed by atoms with Gasteiger partial charge in [0.05, 0.1) is 11.0 Å². The highest BCUT2D eigenvalue weighted by Gasteiger charge is 2.30. The first kappa shape index (κ1) is 18.6. The molecule has 1 fully saturated rings. The second-order valence-corrected chi connectivity index (χ2v) is 7.47. The molecule has 1 aliphatic heterocycles. The van der Waals surface area contributed by atoms with Gasteiger partial charge >= 0.3 is 0 Å². The lowest BCUT2D eigenvalue weighted by Crippen LogP contribution is -2.44. The molecule has 2 atom stereocenters. The maximum absolute atomic E-state index is 12.6. The topological polar surface area (TPSA) is 83.9 Å². The van der Waals surface area contributed by atoms with E-state index in [9.17, 15) is 4.79 Å². The summed E-state index contributed by atoms with van der Waals surface area (Å²) >= 11 is 0. The van der Waals surface area contributed by atoms with Gasteiger partial charge in [0.2, 0.25) is 5.91 Å². The van der Waals surface area contributed by atoms with E-state index in [0.29, 0.717) is 25.4 Å². The number of nitrogens with zero attached hydrogens (tertiary/aromatic N) is 3. The van der Waals surface area contributed by atoms with E-state index in [2.05, 4.69) is 45.6 Å². The molecule has 3 aromatic rings. The van der Waals surface area contributed by atoms with Gasteiger partial charge in [-0.1, -0.05) is 32.0 Å². The van der Waals surface area contributed by atoms with E-state index in [4.69, 9.17) is 4.98 Å². The average molecular weight is 378 g/mol. The molecule has 1 amide bonds. The Morgan fingerprint density at radius 2 is 2.11 bits per heavy atom. The summed E-state index contributed by atoms with van der Waals surface area (Å²) in [4.78, 5) is 21.5. The van der Waals surface area contributed by atoms with Gasteiger partial charge in [0.25, 0.3) is 0 Å². The van der Waals surface area contributed by atoms with Crippen LogP contribution in [0.4, 0.5) is 0 Å². The van der Waals surface area contributed by atoms with E-state index in [0.717, 1.165) is 22.4 Å². The Kier molecular flexibility index (Phi) is 5.36. The Hall–Kier alpha value is -2.77. The molecule has 1 aromatic carbocycles. The second kappa shape index (κ2) is 8.08. The van der Waals surface area contributed by atoms with Crippen LogP contribution in [0.2, 0.25) is 0 Å². The number of imidazole rings is 1. The van der Waals surface area contributed by atoms with Crippen LogP contribution < -0.4 is 16.2 Å². The molecule has 1 aliphatic rings. The van der Waals surface area contributed by atoms with Crippen molar-refractivity contribution in [3.05, 3.63) is 60.2 Å². The van der Waals surface area contributed by atoms with Gasteiger partial charge in [0.15, 0.2) is 0 Å². The van der Waals surface area contributed by atoms with Crippen molar-refractivity contribution in [1.82, 2.24) is 30.7 Å². The number of hydrogen-bond donors (Lipinski definition) is 3. The van der Waals surface area contributed by atoms with Gasteiger partial charge in [-0.3, -0.25) is 9.78 Å². The Labute approximate surface area is 164 Å². The van der Waals surface area contributed by atoms with E-state index in [1.807, 2.05) is 36.5 Å². The fraction of sp³-hybridized carbons (Fsp3) is 0.381. The number of rotatable bonds is 6. The number of aromatic nitrogens is 3. The molecule has 7 heteroatoms. The Bertz CT molecular complexity index is 952. The smallest absolute Gasteiger partial charge is 0.238 e. The van der Waals surface area contributed by atoms with Crippen LogP contribution in [0.25, 0.3) is 11.0 Å². The number of pyridine rings is 1. The van der Waals surface area contributed by atoms with E-state index in [-0.39, 0.29) is 18.0 Å². The lowest BCUT2D eigenvalue weighted by molar-refractivity contribution is -0.122. The molecule has 7 nitrogen and oxygen atoms in total. The number of fused-ring (bicyclic) bond motifs is 1. The molecule has 0 aliphatic carbocycles. The molecular formula is C21H26N6O. The van der Waals surface area contributed by atoms with Crippen molar-refractivity contribution in [2.75, 3.05) is 6.54 Å². The normalized spacial score (nSPS) is 19.4. The molecule has 0 spiro atoms. The van der Waals surface area contributed by atoms with Gasteiger partial charge in [-0.15, -0.1) is 0 Å². The average Bonchev–Trinajstić information content (AvgIpc) is 3.34. The third kappa shape index (κ3) is 3.76. The molecule has 3 N–H and O–H groups in total. The van der Waals surface area contributed by atoms with Crippen molar-refractivity contribution in [3.63, 3.8) is 0 Å². The highest BCUT2D eigenvalue weighted by Crippen LogP contribution is 2.22. The van der Waals surface area contributed by atoms with E-state index in [1.54, 1.807) is 6.20 Å². The molecule has 0 bridgehead atoms. The highest BCUT2D eigenvalue weighted by molar-refractivity contribution is 5.82. The summed E-state index contributed by atoms with van der Waals surface area (Å²) in [5.41, 5.74) is 9.48. The van der Waals surface area contributed by atoms with Gasteiger partial charge in [-0.05, 0) is 30.2 Å². The number of amides is 1. The number of carbonyl (C=O) groups is 1. The third-order valence-electron chi connectivity index (χ3n) is 5.14. The molecule has 2 unspecified atom stereocenters. The molecule has 2 aromatic heterocycles. The van der Waals surface area contributed by atoms with Crippen molar-refractivity contribution < 1.29 is 4.79 Å². The zero-order valence-electron chi connectivity index (χ0n) is 16.2. The summed E-state index contributed by atoms with van der Waals surface area (Å²) in [7, 11) is 0. The monoisotopic (exact) mass is 378 g/mol. The number of para-hydroxylation sites is 2. The predicted octanol–water partition coefficient (Wildman–Crippen LogP) is 2.28. The predicted molar refractivity (Wildman–Crippen MR) is 108 cm³/mol. The van der Waals surface area contributed by atoms with Crippen LogP contribution in [0.1, 0.15) is 43.6 Å². The zero-order chi connectivity index (χ0) is 19.5. The van der Waals surface area contributed by atoms with Gasteiger partial charge in [-0.25, -0.2) is 15.8 Å². The summed E-state index contributed by atoms with van der Waals surface area (Å²) in [6.45, 7) is 5.55. The molecule has 146 valence electrons. The molecule has 28 heavy (non-hydrogen) atoms. The van der Waals surface area contributed by atoms with Gasteiger partial charge in [0.1, 0.15) is 11.9 Å². The number of nitrogens with one attached hydrogen (secondary N) is 3. The van der Waals surface area contributed by atoms with E-state index >= 15 is 0 Å². The van der Waals surface area contributed by atoms with Crippen molar-refractivity contribution >= 4 is 16.9 Å². The Morgan fingerprint density at radius 1 is 1.25 bits per heavy atom. The van der Waals surface area contributed by atoms with Crippen LogP contribution in [0, 0.1) is 0 Å². The van der Waals surface area contributed by atoms with Crippen molar-refractivity contribution in [2.45, 2.75) is 44.8 Å². The largest absolute Gasteiger partial charge is 0.353 e. The van der Waals surface area contributed by atoms with Crippen molar-refractivity contribution in [3.8, 4) is 0 Å². The molecule has 4 rings (SSSR count). The molecule has 1 saturated heterocycles. The fourth-order valence-electron chi connectivity index (χ4n) is 3.71. The van der Waals surface area contributed by atoms with Gasteiger partial charge < -0.3 is 9.88 Å². The first-order chi connectivity index (χ1) is 13.6. The number of hydrogen-bond acceptors (Lipinski definition) is 5. The van der Waals surface area contributed by atoms with Crippen molar-refractivity contribution in [1.29, 1.82) is 0 Å². The summed E-state index contributed by atoms with van der Waals surface area (Å²) in [5.74, 6) is 1.38. The molecule has 0 radical (unpaired) electrons. The van der Waals surface area contributed by atoms with Crippen LogP contribution in [0.15, 0.2) is 48.8 Å². The minimum atomic E-state index is -0.255.